The number of nitrogens with zero attached hydrogens (tertiary/aromatic N) is 4. The highest BCUT2D eigenvalue weighted by atomic mass is 32.2. The molecule has 1 aliphatic rings. The minimum atomic E-state index is 0.181. The van der Waals surface area contributed by atoms with Crippen molar-refractivity contribution in [3.8, 4) is 0 Å². The third kappa shape index (κ3) is 3.50. The van der Waals surface area contributed by atoms with Crippen LogP contribution in [0, 0.1) is 0 Å². The van der Waals surface area contributed by atoms with Crippen molar-refractivity contribution in [1.82, 2.24) is 19.9 Å². The van der Waals surface area contributed by atoms with Gasteiger partial charge in [-0.25, -0.2) is 4.68 Å². The Morgan fingerprint density at radius 2 is 2.05 bits per heavy atom. The van der Waals surface area contributed by atoms with Gasteiger partial charge >= 0.3 is 0 Å². The average molecular weight is 316 g/mol. The number of likely N-dealkylation sites (tertiary alicyclic amines) is 1. The van der Waals surface area contributed by atoms with Crippen molar-refractivity contribution < 1.29 is 4.79 Å². The van der Waals surface area contributed by atoms with Gasteiger partial charge in [-0.1, -0.05) is 31.2 Å². The van der Waals surface area contributed by atoms with E-state index in [1.807, 2.05) is 27.5 Å². The Morgan fingerprint density at radius 1 is 1.32 bits per heavy atom. The molecule has 6 heteroatoms. The highest BCUT2D eigenvalue weighted by molar-refractivity contribution is 7.99. The Bertz CT molecular complexity index is 618. The molecule has 0 bridgehead atoms. The molecule has 0 spiro atoms. The lowest BCUT2D eigenvalue weighted by Gasteiger charge is -2.38. The molecule has 2 aromatic rings. The van der Waals surface area contributed by atoms with Gasteiger partial charge in [-0.15, -0.1) is 16.9 Å². The van der Waals surface area contributed by atoms with Crippen molar-refractivity contribution in [3.63, 3.8) is 0 Å². The van der Waals surface area contributed by atoms with Crippen LogP contribution >= 0.6 is 11.8 Å². The first kappa shape index (κ1) is 15.1. The van der Waals surface area contributed by atoms with Gasteiger partial charge in [0.25, 0.3) is 0 Å². The molecular weight excluding hydrogens is 296 g/mol. The van der Waals surface area contributed by atoms with Crippen LogP contribution in [0.4, 0.5) is 0 Å². The molecule has 2 heterocycles. The molecule has 1 aromatic carbocycles. The van der Waals surface area contributed by atoms with Crippen molar-refractivity contribution in [2.75, 3.05) is 13.1 Å². The topological polar surface area (TPSA) is 51.0 Å². The van der Waals surface area contributed by atoms with Gasteiger partial charge in [0.1, 0.15) is 0 Å². The van der Waals surface area contributed by atoms with Gasteiger partial charge < -0.3 is 4.90 Å². The molecule has 1 aromatic heterocycles. The molecule has 5 nitrogen and oxygen atoms in total. The van der Waals surface area contributed by atoms with Crippen LogP contribution in [0.25, 0.3) is 0 Å². The third-order valence-electron chi connectivity index (χ3n) is 3.68. The largest absolute Gasteiger partial charge is 0.338 e. The van der Waals surface area contributed by atoms with E-state index in [1.165, 1.54) is 4.90 Å². The SMILES string of the molecule is CC(C)Sc1ccc(CC(=O)N2CC(n3ccnn3)C2)cc1. The molecular formula is C16H20N4OS. The van der Waals surface area contributed by atoms with Crippen LogP contribution in [-0.4, -0.2) is 44.1 Å². The molecule has 3 rings (SSSR count). The zero-order chi connectivity index (χ0) is 15.5. The van der Waals surface area contributed by atoms with Crippen LogP contribution < -0.4 is 0 Å². The maximum absolute atomic E-state index is 12.2. The Balaban J connectivity index is 1.50. The summed E-state index contributed by atoms with van der Waals surface area (Å²) >= 11 is 1.84. The summed E-state index contributed by atoms with van der Waals surface area (Å²) in [5.41, 5.74) is 1.07. The van der Waals surface area contributed by atoms with E-state index >= 15 is 0 Å². The van der Waals surface area contributed by atoms with Gasteiger partial charge in [0, 0.05) is 29.4 Å². The Kier molecular flexibility index (Phi) is 4.47. The summed E-state index contributed by atoms with van der Waals surface area (Å²) in [5, 5.41) is 8.35. The Hall–Kier alpha value is -1.82. The second-order valence-electron chi connectivity index (χ2n) is 5.82. The number of hydrogen-bond acceptors (Lipinski definition) is 4. The lowest BCUT2D eigenvalue weighted by atomic mass is 10.1. The van der Waals surface area contributed by atoms with Gasteiger partial charge in [0.05, 0.1) is 18.7 Å². The lowest BCUT2D eigenvalue weighted by Crippen LogP contribution is -2.51. The molecule has 22 heavy (non-hydrogen) atoms. The third-order valence-corrected chi connectivity index (χ3v) is 4.70. The number of carbonyl (C=O) groups excluding carboxylic acids is 1. The van der Waals surface area contributed by atoms with E-state index in [0.29, 0.717) is 11.7 Å². The molecule has 1 aliphatic heterocycles. The molecule has 0 unspecified atom stereocenters. The first-order chi connectivity index (χ1) is 10.6. The van der Waals surface area contributed by atoms with Crippen molar-refractivity contribution in [3.05, 3.63) is 42.2 Å². The predicted molar refractivity (Wildman–Crippen MR) is 86.8 cm³/mol. The van der Waals surface area contributed by atoms with E-state index in [0.717, 1.165) is 18.7 Å². The highest BCUT2D eigenvalue weighted by Crippen LogP contribution is 2.24. The molecule has 116 valence electrons. The normalized spacial score (nSPS) is 15.1. The zero-order valence-corrected chi connectivity index (χ0v) is 13.7. The van der Waals surface area contributed by atoms with Gasteiger partial charge in [-0.2, -0.15) is 0 Å². The first-order valence-electron chi connectivity index (χ1n) is 7.51. The van der Waals surface area contributed by atoms with Crippen molar-refractivity contribution in [2.45, 2.75) is 36.5 Å². The summed E-state index contributed by atoms with van der Waals surface area (Å²) in [6, 6.07) is 8.58. The van der Waals surface area contributed by atoms with Gasteiger partial charge in [0.15, 0.2) is 0 Å². The van der Waals surface area contributed by atoms with Crippen molar-refractivity contribution >= 4 is 17.7 Å². The number of rotatable bonds is 5. The molecule has 1 fully saturated rings. The van der Waals surface area contributed by atoms with Crippen LogP contribution in [-0.2, 0) is 11.2 Å². The van der Waals surface area contributed by atoms with Gasteiger partial charge in [-0.3, -0.25) is 4.79 Å². The quantitative estimate of drug-likeness (QED) is 0.795. The first-order valence-corrected chi connectivity index (χ1v) is 8.39. The average Bonchev–Trinajstić information content (AvgIpc) is 2.92. The van der Waals surface area contributed by atoms with Crippen LogP contribution in [0.5, 0.6) is 0 Å². The summed E-state index contributed by atoms with van der Waals surface area (Å²) < 4.78 is 1.82. The summed E-state index contributed by atoms with van der Waals surface area (Å²) in [5.74, 6) is 0.181. The van der Waals surface area contributed by atoms with Crippen LogP contribution in [0.1, 0.15) is 25.5 Å². The minimum absolute atomic E-state index is 0.181. The maximum Gasteiger partial charge on any atom is 0.227 e. The van der Waals surface area contributed by atoms with Gasteiger partial charge in [0.2, 0.25) is 5.91 Å². The number of hydrogen-bond donors (Lipinski definition) is 0. The number of benzene rings is 1. The van der Waals surface area contributed by atoms with E-state index in [2.05, 4.69) is 48.4 Å². The number of carbonyl (C=O) groups is 1. The van der Waals surface area contributed by atoms with E-state index in [4.69, 9.17) is 0 Å². The van der Waals surface area contributed by atoms with Crippen molar-refractivity contribution in [2.24, 2.45) is 0 Å². The fourth-order valence-electron chi connectivity index (χ4n) is 2.48. The Labute approximate surface area is 134 Å². The van der Waals surface area contributed by atoms with E-state index < -0.39 is 0 Å². The molecule has 1 amide bonds. The minimum Gasteiger partial charge on any atom is -0.338 e. The fourth-order valence-corrected chi connectivity index (χ4v) is 3.32. The number of aromatic nitrogens is 3. The zero-order valence-electron chi connectivity index (χ0n) is 12.8. The lowest BCUT2D eigenvalue weighted by molar-refractivity contribution is -0.136. The second-order valence-corrected chi connectivity index (χ2v) is 7.47. The van der Waals surface area contributed by atoms with E-state index in [9.17, 15) is 4.79 Å². The standard InChI is InChI=1S/C16H20N4OS/c1-12(2)22-15-5-3-13(4-6-15)9-16(21)19-10-14(11-19)20-8-7-17-18-20/h3-8,12,14H,9-11H2,1-2H3. The fraction of sp³-hybridized carbons (Fsp3) is 0.438. The molecule has 0 radical (unpaired) electrons. The molecule has 0 atom stereocenters. The van der Waals surface area contributed by atoms with E-state index in [-0.39, 0.29) is 11.9 Å². The Morgan fingerprint density at radius 3 is 2.64 bits per heavy atom. The number of thioether (sulfide) groups is 1. The summed E-state index contributed by atoms with van der Waals surface area (Å²) in [4.78, 5) is 15.4. The van der Waals surface area contributed by atoms with E-state index in [1.54, 1.807) is 6.20 Å². The monoisotopic (exact) mass is 316 g/mol. The second kappa shape index (κ2) is 6.52. The van der Waals surface area contributed by atoms with Crippen LogP contribution in [0.2, 0.25) is 0 Å². The molecule has 0 aliphatic carbocycles. The molecule has 1 saturated heterocycles. The predicted octanol–water partition coefficient (Wildman–Crippen LogP) is 2.40. The summed E-state index contributed by atoms with van der Waals surface area (Å²) in [6.45, 7) is 5.81. The highest BCUT2D eigenvalue weighted by Gasteiger charge is 2.32. The van der Waals surface area contributed by atoms with Crippen molar-refractivity contribution in [1.29, 1.82) is 0 Å². The molecule has 0 N–H and O–H groups in total. The van der Waals surface area contributed by atoms with Crippen LogP contribution in [0.3, 0.4) is 0 Å². The number of amides is 1. The summed E-state index contributed by atoms with van der Waals surface area (Å²) in [7, 11) is 0. The maximum atomic E-state index is 12.2. The molecule has 0 saturated carbocycles. The summed E-state index contributed by atoms with van der Waals surface area (Å²) in [6.07, 6.45) is 3.98. The van der Waals surface area contributed by atoms with Gasteiger partial charge in [-0.05, 0) is 17.7 Å². The smallest absolute Gasteiger partial charge is 0.227 e. The van der Waals surface area contributed by atoms with Crippen LogP contribution in [0.15, 0.2) is 41.6 Å².